The van der Waals surface area contributed by atoms with Crippen LogP contribution in [0.15, 0.2) is 18.7 Å². The van der Waals surface area contributed by atoms with Crippen LogP contribution in [0.2, 0.25) is 0 Å². The van der Waals surface area contributed by atoms with Crippen molar-refractivity contribution in [3.8, 4) is 0 Å². The molecule has 0 unspecified atom stereocenters. The van der Waals surface area contributed by atoms with E-state index in [4.69, 9.17) is 0 Å². The molecule has 17 heavy (non-hydrogen) atoms. The van der Waals surface area contributed by atoms with E-state index in [1.165, 1.54) is 6.33 Å². The van der Waals surface area contributed by atoms with Crippen molar-refractivity contribution >= 4 is 5.91 Å². The number of nitrogens with one attached hydrogen (secondary N) is 2. The largest absolute Gasteiger partial charge is 0.352 e. The maximum Gasteiger partial charge on any atom is 0.254 e. The third-order valence-corrected chi connectivity index (χ3v) is 2.31. The van der Waals surface area contributed by atoms with Gasteiger partial charge in [0.25, 0.3) is 5.91 Å². The molecule has 0 saturated carbocycles. The highest BCUT2D eigenvalue weighted by atomic mass is 16.1. The minimum absolute atomic E-state index is 0.101. The van der Waals surface area contributed by atoms with Gasteiger partial charge in [-0.1, -0.05) is 0 Å². The van der Waals surface area contributed by atoms with Crippen LogP contribution in [0.25, 0.3) is 0 Å². The summed E-state index contributed by atoms with van der Waals surface area (Å²) in [6.45, 7) is 0.606. The first-order valence-electron chi connectivity index (χ1n) is 5.37. The van der Waals surface area contributed by atoms with Crippen molar-refractivity contribution in [2.24, 2.45) is 7.05 Å². The molecule has 0 radical (unpaired) electrons. The molecule has 7 nitrogen and oxygen atoms in total. The molecule has 7 heteroatoms. The fourth-order valence-corrected chi connectivity index (χ4v) is 1.45. The van der Waals surface area contributed by atoms with Crippen LogP contribution in [-0.4, -0.2) is 37.4 Å². The monoisotopic (exact) mass is 234 g/mol. The summed E-state index contributed by atoms with van der Waals surface area (Å²) in [6, 6.07) is 0. The molecule has 2 aromatic rings. The number of rotatable bonds is 5. The normalized spacial score (nSPS) is 10.4. The number of nitrogens with zero attached hydrogens (tertiary/aromatic N) is 4. The Balaban J connectivity index is 1.70. The van der Waals surface area contributed by atoms with Crippen molar-refractivity contribution in [1.82, 2.24) is 30.3 Å². The zero-order valence-electron chi connectivity index (χ0n) is 9.55. The Hall–Kier alpha value is -2.18. The summed E-state index contributed by atoms with van der Waals surface area (Å²) in [7, 11) is 1.78. The Morgan fingerprint density at radius 2 is 2.47 bits per heavy atom. The van der Waals surface area contributed by atoms with Gasteiger partial charge in [-0.05, 0) is 6.42 Å². The Bertz CT molecular complexity index is 475. The molecule has 1 amide bonds. The van der Waals surface area contributed by atoms with Crippen molar-refractivity contribution in [1.29, 1.82) is 0 Å². The highest BCUT2D eigenvalue weighted by Gasteiger charge is 2.06. The van der Waals surface area contributed by atoms with Crippen molar-refractivity contribution in [3.05, 3.63) is 30.1 Å². The summed E-state index contributed by atoms with van der Waals surface area (Å²) in [5.41, 5.74) is 0.576. The lowest BCUT2D eigenvalue weighted by atomic mass is 10.3. The Morgan fingerprint density at radius 3 is 3.12 bits per heavy atom. The fraction of sp³-hybridized carbons (Fsp3) is 0.400. The highest BCUT2D eigenvalue weighted by molar-refractivity contribution is 5.93. The number of carbonyl (C=O) groups is 1. The van der Waals surface area contributed by atoms with Gasteiger partial charge >= 0.3 is 0 Å². The van der Waals surface area contributed by atoms with Gasteiger partial charge in [-0.15, -0.1) is 0 Å². The van der Waals surface area contributed by atoms with E-state index in [1.807, 2.05) is 0 Å². The maximum absolute atomic E-state index is 11.6. The second-order valence-electron chi connectivity index (χ2n) is 3.69. The van der Waals surface area contributed by atoms with Gasteiger partial charge in [0, 0.05) is 26.2 Å². The number of aromatic amines is 1. The van der Waals surface area contributed by atoms with Gasteiger partial charge in [0.1, 0.15) is 12.2 Å². The molecule has 0 saturated heterocycles. The van der Waals surface area contributed by atoms with Crippen LogP contribution in [0.5, 0.6) is 0 Å². The van der Waals surface area contributed by atoms with E-state index in [-0.39, 0.29) is 5.91 Å². The number of amides is 1. The van der Waals surface area contributed by atoms with E-state index < -0.39 is 0 Å². The molecule has 90 valence electrons. The van der Waals surface area contributed by atoms with Gasteiger partial charge in [0.15, 0.2) is 0 Å². The van der Waals surface area contributed by atoms with Crippen LogP contribution >= 0.6 is 0 Å². The molecule has 2 heterocycles. The molecule has 0 atom stereocenters. The number of H-pyrrole nitrogens is 1. The quantitative estimate of drug-likeness (QED) is 0.707. The first kappa shape index (κ1) is 11.3. The number of aryl methyl sites for hydroxylation is 2. The zero-order chi connectivity index (χ0) is 12.1. The third-order valence-electron chi connectivity index (χ3n) is 2.31. The lowest BCUT2D eigenvalue weighted by Crippen LogP contribution is -2.24. The molecule has 2 rings (SSSR count). The number of hydrogen-bond donors (Lipinski definition) is 2. The first-order valence-corrected chi connectivity index (χ1v) is 5.37. The van der Waals surface area contributed by atoms with Gasteiger partial charge < -0.3 is 5.32 Å². The molecule has 0 aliphatic carbocycles. The van der Waals surface area contributed by atoms with Crippen LogP contribution in [0, 0.1) is 0 Å². The summed E-state index contributed by atoms with van der Waals surface area (Å²) >= 11 is 0. The summed E-state index contributed by atoms with van der Waals surface area (Å²) in [5, 5.41) is 13.3. The minimum atomic E-state index is -0.101. The van der Waals surface area contributed by atoms with Gasteiger partial charge in [-0.3, -0.25) is 14.6 Å². The standard InChI is InChI=1S/C10H14N6O/c1-16-6-8(5-14-16)10(17)11-4-2-3-9-12-7-13-15-9/h5-7H,2-4H2,1H3,(H,11,17)(H,12,13,15). The summed E-state index contributed by atoms with van der Waals surface area (Å²) in [6.07, 6.45) is 6.30. The second-order valence-corrected chi connectivity index (χ2v) is 3.69. The topological polar surface area (TPSA) is 88.5 Å². The number of carbonyl (C=O) groups excluding carboxylic acids is 1. The number of hydrogen-bond acceptors (Lipinski definition) is 4. The summed E-state index contributed by atoms with van der Waals surface area (Å²) < 4.78 is 1.60. The van der Waals surface area contributed by atoms with Gasteiger partial charge in [0.2, 0.25) is 0 Å². The summed E-state index contributed by atoms with van der Waals surface area (Å²) in [4.78, 5) is 15.6. The van der Waals surface area contributed by atoms with E-state index in [1.54, 1.807) is 24.1 Å². The lowest BCUT2D eigenvalue weighted by molar-refractivity contribution is 0.0953. The molecule has 0 aromatic carbocycles. The van der Waals surface area contributed by atoms with Gasteiger partial charge in [-0.2, -0.15) is 10.2 Å². The van der Waals surface area contributed by atoms with Crippen LogP contribution < -0.4 is 5.32 Å². The minimum Gasteiger partial charge on any atom is -0.352 e. The van der Waals surface area contributed by atoms with E-state index >= 15 is 0 Å². The smallest absolute Gasteiger partial charge is 0.254 e. The Kier molecular flexibility index (Phi) is 3.49. The molecule has 0 aliphatic rings. The molecule has 0 bridgehead atoms. The summed E-state index contributed by atoms with van der Waals surface area (Å²) in [5.74, 6) is 0.733. The maximum atomic E-state index is 11.6. The second kappa shape index (κ2) is 5.24. The molecule has 0 fully saturated rings. The molecule has 2 N–H and O–H groups in total. The van der Waals surface area contributed by atoms with Crippen molar-refractivity contribution in [3.63, 3.8) is 0 Å². The Morgan fingerprint density at radius 1 is 1.59 bits per heavy atom. The third kappa shape index (κ3) is 3.13. The molecule has 0 spiro atoms. The van der Waals surface area contributed by atoms with Gasteiger partial charge in [-0.25, -0.2) is 4.98 Å². The van der Waals surface area contributed by atoms with Crippen molar-refractivity contribution in [2.75, 3.05) is 6.54 Å². The average molecular weight is 234 g/mol. The van der Waals surface area contributed by atoms with E-state index in [0.717, 1.165) is 18.7 Å². The lowest BCUT2D eigenvalue weighted by Gasteiger charge is -2.01. The fourth-order valence-electron chi connectivity index (χ4n) is 1.45. The van der Waals surface area contributed by atoms with E-state index in [2.05, 4.69) is 25.6 Å². The molecular weight excluding hydrogens is 220 g/mol. The van der Waals surface area contributed by atoms with Crippen molar-refractivity contribution < 1.29 is 4.79 Å². The highest BCUT2D eigenvalue weighted by Crippen LogP contribution is 1.96. The van der Waals surface area contributed by atoms with E-state index in [9.17, 15) is 4.79 Å². The van der Waals surface area contributed by atoms with Crippen molar-refractivity contribution in [2.45, 2.75) is 12.8 Å². The first-order chi connectivity index (χ1) is 8.25. The predicted molar refractivity (Wildman–Crippen MR) is 60.2 cm³/mol. The van der Waals surface area contributed by atoms with Crippen LogP contribution in [0.4, 0.5) is 0 Å². The van der Waals surface area contributed by atoms with Crippen LogP contribution in [0.1, 0.15) is 22.6 Å². The SMILES string of the molecule is Cn1cc(C(=O)NCCCc2ncn[nH]2)cn1. The zero-order valence-corrected chi connectivity index (χ0v) is 9.55. The molecule has 2 aromatic heterocycles. The van der Waals surface area contributed by atoms with Crippen LogP contribution in [-0.2, 0) is 13.5 Å². The average Bonchev–Trinajstić information content (AvgIpc) is 2.95. The Labute approximate surface area is 98.2 Å². The molecule has 0 aliphatic heterocycles. The predicted octanol–water partition coefficient (Wildman–Crippen LogP) is -0.0992. The van der Waals surface area contributed by atoms with Gasteiger partial charge in [0.05, 0.1) is 11.8 Å². The van der Waals surface area contributed by atoms with E-state index in [0.29, 0.717) is 12.1 Å². The van der Waals surface area contributed by atoms with Crippen LogP contribution in [0.3, 0.4) is 0 Å². The molecular formula is C10H14N6O. The number of aromatic nitrogens is 5.